The highest BCUT2D eigenvalue weighted by molar-refractivity contribution is 5.80. The molecule has 4 atom stereocenters. The summed E-state index contributed by atoms with van der Waals surface area (Å²) < 4.78 is 5.07. The average molecular weight is 296 g/mol. The van der Waals surface area contributed by atoms with Crippen molar-refractivity contribution in [1.82, 2.24) is 10.2 Å². The minimum Gasteiger partial charge on any atom is -0.468 e. The zero-order chi connectivity index (χ0) is 15.6. The fourth-order valence-corrected chi connectivity index (χ4v) is 4.10. The Hall–Kier alpha value is -0.610. The monoisotopic (exact) mass is 296 g/mol. The van der Waals surface area contributed by atoms with Crippen LogP contribution in [0.25, 0.3) is 0 Å². The molecule has 4 nitrogen and oxygen atoms in total. The lowest BCUT2D eigenvalue weighted by Crippen LogP contribution is -2.56. The Balaban J connectivity index is 2.06. The van der Waals surface area contributed by atoms with Gasteiger partial charge in [-0.2, -0.15) is 0 Å². The maximum Gasteiger partial charge on any atom is 0.325 e. The molecule has 1 aliphatic heterocycles. The smallest absolute Gasteiger partial charge is 0.325 e. The molecule has 2 aliphatic rings. The van der Waals surface area contributed by atoms with Crippen LogP contribution in [0.4, 0.5) is 0 Å². The number of nitrogens with one attached hydrogen (secondary N) is 1. The van der Waals surface area contributed by atoms with E-state index in [-0.39, 0.29) is 5.97 Å². The van der Waals surface area contributed by atoms with Crippen molar-refractivity contribution in [2.45, 2.75) is 95.9 Å². The molecule has 0 aromatic carbocycles. The first-order chi connectivity index (χ1) is 9.91. The summed E-state index contributed by atoms with van der Waals surface area (Å²) in [5.74, 6) is -0.124. The van der Waals surface area contributed by atoms with Crippen molar-refractivity contribution in [3.63, 3.8) is 0 Å². The number of carbonyl (C=O) groups excluding carboxylic acids is 1. The average Bonchev–Trinajstić information content (AvgIpc) is 3.16. The third-order valence-electron chi connectivity index (χ3n) is 5.27. The molecule has 0 bridgehead atoms. The Kier molecular flexibility index (Phi) is 5.31. The second-order valence-electron chi connectivity index (χ2n) is 7.23. The van der Waals surface area contributed by atoms with Gasteiger partial charge in [-0.1, -0.05) is 6.92 Å². The van der Waals surface area contributed by atoms with Gasteiger partial charge in [-0.3, -0.25) is 15.0 Å². The van der Waals surface area contributed by atoms with Crippen molar-refractivity contribution in [2.24, 2.45) is 0 Å². The van der Waals surface area contributed by atoms with E-state index < -0.39 is 5.54 Å². The van der Waals surface area contributed by atoms with E-state index in [1.165, 1.54) is 39.2 Å². The summed E-state index contributed by atoms with van der Waals surface area (Å²) in [6.07, 6.45) is 6.93. The van der Waals surface area contributed by atoms with Crippen LogP contribution in [0.15, 0.2) is 0 Å². The molecule has 1 saturated carbocycles. The highest BCUT2D eigenvalue weighted by atomic mass is 16.5. The topological polar surface area (TPSA) is 41.6 Å². The number of hydrogen-bond donors (Lipinski definition) is 1. The van der Waals surface area contributed by atoms with E-state index in [0.717, 1.165) is 6.42 Å². The maximum absolute atomic E-state index is 12.3. The largest absolute Gasteiger partial charge is 0.468 e. The molecule has 1 heterocycles. The van der Waals surface area contributed by atoms with E-state index in [2.05, 4.69) is 31.0 Å². The van der Waals surface area contributed by atoms with Crippen LogP contribution >= 0.6 is 0 Å². The van der Waals surface area contributed by atoms with Gasteiger partial charge in [0.2, 0.25) is 0 Å². The molecular weight excluding hydrogens is 264 g/mol. The fourth-order valence-electron chi connectivity index (χ4n) is 4.10. The van der Waals surface area contributed by atoms with Crippen molar-refractivity contribution >= 4 is 5.97 Å². The Morgan fingerprint density at radius 2 is 2.05 bits per heavy atom. The molecule has 2 fully saturated rings. The summed E-state index contributed by atoms with van der Waals surface area (Å²) in [6, 6.07) is 2.17. The van der Waals surface area contributed by atoms with Gasteiger partial charge in [0.05, 0.1) is 7.11 Å². The molecule has 2 rings (SSSR count). The fraction of sp³-hybridized carbons (Fsp3) is 0.941. The minimum atomic E-state index is -0.560. The van der Waals surface area contributed by atoms with E-state index in [0.29, 0.717) is 24.2 Å². The van der Waals surface area contributed by atoms with E-state index in [1.807, 2.05) is 6.92 Å². The second kappa shape index (κ2) is 6.66. The molecule has 1 N–H and O–H groups in total. The number of carbonyl (C=O) groups is 1. The Morgan fingerprint density at radius 1 is 1.38 bits per heavy atom. The van der Waals surface area contributed by atoms with Gasteiger partial charge in [0.15, 0.2) is 0 Å². The quantitative estimate of drug-likeness (QED) is 0.734. The summed E-state index contributed by atoms with van der Waals surface area (Å²) >= 11 is 0. The maximum atomic E-state index is 12.3. The number of esters is 1. The van der Waals surface area contributed by atoms with Crippen LogP contribution < -0.4 is 5.32 Å². The molecule has 4 heteroatoms. The zero-order valence-electron chi connectivity index (χ0n) is 14.3. The van der Waals surface area contributed by atoms with Crippen LogP contribution in [-0.4, -0.2) is 47.7 Å². The van der Waals surface area contributed by atoms with Gasteiger partial charge in [-0.05, 0) is 59.3 Å². The van der Waals surface area contributed by atoms with Crippen molar-refractivity contribution in [1.29, 1.82) is 0 Å². The molecule has 1 saturated heterocycles. The molecular formula is C17H32N2O2. The molecule has 0 aromatic rings. The molecule has 122 valence electrons. The van der Waals surface area contributed by atoms with Crippen LogP contribution in [0.1, 0.15) is 66.2 Å². The number of methoxy groups -OCH3 is 1. The third kappa shape index (κ3) is 3.78. The number of rotatable bonds is 7. The molecule has 0 radical (unpaired) electrons. The summed E-state index contributed by atoms with van der Waals surface area (Å²) in [6.45, 7) is 8.86. The Morgan fingerprint density at radius 3 is 2.57 bits per heavy atom. The third-order valence-corrected chi connectivity index (χ3v) is 5.27. The SMILES string of the molecule is CCC1CCC(C)N1C(C)CC(C)(NC1CC1)C(=O)OC. The van der Waals surface area contributed by atoms with Crippen molar-refractivity contribution in [3.05, 3.63) is 0 Å². The molecule has 0 amide bonds. The van der Waals surface area contributed by atoms with Gasteiger partial charge in [-0.15, -0.1) is 0 Å². The Bertz CT molecular complexity index is 370. The highest BCUT2D eigenvalue weighted by Crippen LogP contribution is 2.32. The summed E-state index contributed by atoms with van der Waals surface area (Å²) in [7, 11) is 1.49. The number of ether oxygens (including phenoxy) is 1. The standard InChI is InChI=1S/C17H32N2O2/c1-6-15-10-7-12(2)19(15)13(3)11-17(4,16(20)21-5)18-14-8-9-14/h12-15,18H,6-11H2,1-5H3. The first-order valence-corrected chi connectivity index (χ1v) is 8.54. The Labute approximate surface area is 129 Å². The van der Waals surface area contributed by atoms with Gasteiger partial charge < -0.3 is 4.74 Å². The first-order valence-electron chi connectivity index (χ1n) is 8.54. The van der Waals surface area contributed by atoms with Gasteiger partial charge in [0.1, 0.15) is 5.54 Å². The van der Waals surface area contributed by atoms with E-state index >= 15 is 0 Å². The van der Waals surface area contributed by atoms with Crippen LogP contribution in [0, 0.1) is 0 Å². The first kappa shape index (κ1) is 16.8. The van der Waals surface area contributed by atoms with E-state index in [1.54, 1.807) is 0 Å². The van der Waals surface area contributed by atoms with Gasteiger partial charge in [0, 0.05) is 24.2 Å². The lowest BCUT2D eigenvalue weighted by molar-refractivity contribution is -0.149. The molecule has 21 heavy (non-hydrogen) atoms. The number of nitrogens with zero attached hydrogens (tertiary/aromatic N) is 1. The van der Waals surface area contributed by atoms with Gasteiger partial charge in [-0.25, -0.2) is 0 Å². The lowest BCUT2D eigenvalue weighted by Gasteiger charge is -2.39. The minimum absolute atomic E-state index is 0.124. The van der Waals surface area contributed by atoms with Crippen LogP contribution in [0.2, 0.25) is 0 Å². The predicted molar refractivity (Wildman–Crippen MR) is 85.3 cm³/mol. The van der Waals surface area contributed by atoms with E-state index in [9.17, 15) is 4.79 Å². The van der Waals surface area contributed by atoms with Crippen LogP contribution in [0.5, 0.6) is 0 Å². The molecule has 1 aliphatic carbocycles. The van der Waals surface area contributed by atoms with Crippen molar-refractivity contribution < 1.29 is 9.53 Å². The number of likely N-dealkylation sites (tertiary alicyclic amines) is 1. The van der Waals surface area contributed by atoms with Crippen LogP contribution in [-0.2, 0) is 9.53 Å². The molecule has 0 aromatic heterocycles. The lowest BCUT2D eigenvalue weighted by atomic mass is 9.91. The zero-order valence-corrected chi connectivity index (χ0v) is 14.3. The molecule has 4 unspecified atom stereocenters. The van der Waals surface area contributed by atoms with Crippen molar-refractivity contribution in [3.8, 4) is 0 Å². The van der Waals surface area contributed by atoms with Gasteiger partial charge >= 0.3 is 5.97 Å². The van der Waals surface area contributed by atoms with Crippen LogP contribution in [0.3, 0.4) is 0 Å². The van der Waals surface area contributed by atoms with E-state index in [4.69, 9.17) is 4.74 Å². The van der Waals surface area contributed by atoms with Crippen molar-refractivity contribution in [2.75, 3.05) is 7.11 Å². The normalized spacial score (nSPS) is 30.9. The second-order valence-corrected chi connectivity index (χ2v) is 7.23. The number of hydrogen-bond acceptors (Lipinski definition) is 4. The summed E-state index contributed by atoms with van der Waals surface area (Å²) in [5, 5.41) is 3.52. The van der Waals surface area contributed by atoms with Gasteiger partial charge in [0.25, 0.3) is 0 Å². The predicted octanol–water partition coefficient (Wildman–Crippen LogP) is 2.71. The highest BCUT2D eigenvalue weighted by Gasteiger charge is 2.43. The molecule has 0 spiro atoms. The summed E-state index contributed by atoms with van der Waals surface area (Å²) in [4.78, 5) is 14.9. The summed E-state index contributed by atoms with van der Waals surface area (Å²) in [5.41, 5.74) is -0.560.